The summed E-state index contributed by atoms with van der Waals surface area (Å²) in [5.74, 6) is 0.931. The van der Waals surface area contributed by atoms with Gasteiger partial charge in [0.25, 0.3) is 5.91 Å². The van der Waals surface area contributed by atoms with Crippen molar-refractivity contribution in [3.63, 3.8) is 0 Å². The SMILES string of the molecule is Cl.Cl.O=C(N1CCC(CN2CCCC2)C1)C1(n2cccn2)CCNCC1. The summed E-state index contributed by atoms with van der Waals surface area (Å²) in [7, 11) is 0. The number of aromatic nitrogens is 2. The average molecular weight is 404 g/mol. The van der Waals surface area contributed by atoms with Crippen LogP contribution in [0.1, 0.15) is 32.1 Å². The van der Waals surface area contributed by atoms with Crippen LogP contribution in [-0.2, 0) is 10.3 Å². The lowest BCUT2D eigenvalue weighted by Gasteiger charge is -2.39. The van der Waals surface area contributed by atoms with E-state index in [9.17, 15) is 4.79 Å². The van der Waals surface area contributed by atoms with Gasteiger partial charge < -0.3 is 15.1 Å². The predicted octanol–water partition coefficient (Wildman–Crippen LogP) is 1.75. The number of hydrogen-bond donors (Lipinski definition) is 1. The van der Waals surface area contributed by atoms with Crippen LogP contribution in [0.4, 0.5) is 0 Å². The third kappa shape index (κ3) is 4.19. The third-order valence-corrected chi connectivity index (χ3v) is 6.06. The van der Waals surface area contributed by atoms with Crippen LogP contribution in [0.25, 0.3) is 0 Å². The smallest absolute Gasteiger partial charge is 0.250 e. The van der Waals surface area contributed by atoms with Gasteiger partial charge in [-0.25, -0.2) is 0 Å². The molecule has 1 N–H and O–H groups in total. The number of piperidine rings is 1. The van der Waals surface area contributed by atoms with Gasteiger partial charge in [-0.3, -0.25) is 9.48 Å². The van der Waals surface area contributed by atoms with Gasteiger partial charge in [0.15, 0.2) is 0 Å². The molecule has 1 aromatic heterocycles. The highest BCUT2D eigenvalue weighted by Gasteiger charge is 2.45. The van der Waals surface area contributed by atoms with E-state index in [-0.39, 0.29) is 30.7 Å². The lowest BCUT2D eigenvalue weighted by molar-refractivity contribution is -0.142. The molecule has 1 atom stereocenters. The van der Waals surface area contributed by atoms with Crippen molar-refractivity contribution in [2.75, 3.05) is 45.8 Å². The Bertz CT molecular complexity index is 556. The predicted molar refractivity (Wildman–Crippen MR) is 107 cm³/mol. The molecule has 8 heteroatoms. The zero-order valence-corrected chi connectivity index (χ0v) is 16.9. The van der Waals surface area contributed by atoms with Gasteiger partial charge in [0, 0.05) is 32.0 Å². The fourth-order valence-electron chi connectivity index (χ4n) is 4.69. The molecule has 0 aliphatic carbocycles. The molecule has 26 heavy (non-hydrogen) atoms. The first-order valence-corrected chi connectivity index (χ1v) is 9.50. The van der Waals surface area contributed by atoms with Crippen molar-refractivity contribution in [1.29, 1.82) is 0 Å². The average Bonchev–Trinajstić information content (AvgIpc) is 3.38. The maximum absolute atomic E-state index is 13.4. The van der Waals surface area contributed by atoms with Crippen LogP contribution in [-0.4, -0.2) is 71.3 Å². The molecule has 4 heterocycles. The Balaban J connectivity index is 0.00000121. The second-order valence-corrected chi connectivity index (χ2v) is 7.65. The molecule has 3 aliphatic rings. The van der Waals surface area contributed by atoms with E-state index in [0.29, 0.717) is 5.92 Å². The van der Waals surface area contributed by atoms with Gasteiger partial charge in [0.05, 0.1) is 0 Å². The van der Waals surface area contributed by atoms with Gasteiger partial charge in [-0.15, -0.1) is 24.8 Å². The van der Waals surface area contributed by atoms with E-state index in [0.717, 1.165) is 45.4 Å². The highest BCUT2D eigenvalue weighted by atomic mass is 35.5. The Morgan fingerprint density at radius 2 is 1.88 bits per heavy atom. The van der Waals surface area contributed by atoms with Crippen LogP contribution in [0.15, 0.2) is 18.5 Å². The monoisotopic (exact) mass is 403 g/mol. The van der Waals surface area contributed by atoms with Crippen molar-refractivity contribution in [3.05, 3.63) is 18.5 Å². The highest BCUT2D eigenvalue weighted by Crippen LogP contribution is 2.32. The Hall–Kier alpha value is -0.820. The first-order valence-electron chi connectivity index (χ1n) is 9.50. The second-order valence-electron chi connectivity index (χ2n) is 7.65. The summed E-state index contributed by atoms with van der Waals surface area (Å²) in [5.41, 5.74) is -0.475. The largest absolute Gasteiger partial charge is 0.340 e. The number of likely N-dealkylation sites (tertiary alicyclic amines) is 2. The molecule has 3 aliphatic heterocycles. The topological polar surface area (TPSA) is 53.4 Å². The Morgan fingerprint density at radius 1 is 1.15 bits per heavy atom. The molecule has 3 fully saturated rings. The molecular weight excluding hydrogens is 373 g/mol. The zero-order valence-electron chi connectivity index (χ0n) is 15.3. The van der Waals surface area contributed by atoms with E-state index in [1.807, 2.05) is 16.9 Å². The van der Waals surface area contributed by atoms with E-state index >= 15 is 0 Å². The van der Waals surface area contributed by atoms with Crippen molar-refractivity contribution >= 4 is 30.7 Å². The van der Waals surface area contributed by atoms with Crippen molar-refractivity contribution < 1.29 is 4.79 Å². The second kappa shape index (κ2) is 9.40. The Labute approximate surface area is 168 Å². The number of amides is 1. The number of nitrogens with zero attached hydrogens (tertiary/aromatic N) is 4. The third-order valence-electron chi connectivity index (χ3n) is 6.06. The van der Waals surface area contributed by atoms with Gasteiger partial charge in [0.2, 0.25) is 0 Å². The minimum Gasteiger partial charge on any atom is -0.340 e. The number of nitrogens with one attached hydrogen (secondary N) is 1. The van der Waals surface area contributed by atoms with Crippen molar-refractivity contribution in [1.82, 2.24) is 24.9 Å². The molecular formula is C18H31Cl2N5O. The molecule has 4 rings (SSSR count). The summed E-state index contributed by atoms with van der Waals surface area (Å²) in [5, 5.41) is 7.83. The number of carbonyl (C=O) groups excluding carboxylic acids is 1. The summed E-state index contributed by atoms with van der Waals surface area (Å²) in [6.07, 6.45) is 9.24. The number of carbonyl (C=O) groups is 1. The van der Waals surface area contributed by atoms with Gasteiger partial charge in [-0.05, 0) is 70.3 Å². The summed E-state index contributed by atoms with van der Waals surface area (Å²) >= 11 is 0. The normalized spacial score (nSPS) is 25.5. The van der Waals surface area contributed by atoms with Crippen molar-refractivity contribution in [2.24, 2.45) is 5.92 Å². The Morgan fingerprint density at radius 3 is 2.54 bits per heavy atom. The lowest BCUT2D eigenvalue weighted by Crippen LogP contribution is -2.55. The maximum Gasteiger partial charge on any atom is 0.250 e. The minimum absolute atomic E-state index is 0. The molecule has 0 aromatic carbocycles. The zero-order chi connectivity index (χ0) is 16.4. The van der Waals surface area contributed by atoms with E-state index < -0.39 is 5.54 Å². The molecule has 6 nitrogen and oxygen atoms in total. The standard InChI is InChI=1S/C18H29N5O.2ClH/c24-17(18(5-8-19-9-6-18)23-12-3-7-20-23)22-13-4-16(15-22)14-21-10-1-2-11-21;;/h3,7,12,16,19H,1-2,4-6,8-11,13-15H2;2*1H. The van der Waals surface area contributed by atoms with Crippen LogP contribution < -0.4 is 5.32 Å². The summed E-state index contributed by atoms with van der Waals surface area (Å²) in [6.45, 7) is 7.26. The Kier molecular flexibility index (Phi) is 7.76. The first kappa shape index (κ1) is 21.5. The summed E-state index contributed by atoms with van der Waals surface area (Å²) < 4.78 is 1.92. The van der Waals surface area contributed by atoms with E-state index in [4.69, 9.17) is 0 Å². The van der Waals surface area contributed by atoms with Gasteiger partial charge >= 0.3 is 0 Å². The van der Waals surface area contributed by atoms with E-state index in [1.165, 1.54) is 32.5 Å². The summed E-state index contributed by atoms with van der Waals surface area (Å²) in [6, 6.07) is 1.93. The first-order chi connectivity index (χ1) is 11.8. The van der Waals surface area contributed by atoms with Crippen molar-refractivity contribution in [3.8, 4) is 0 Å². The molecule has 1 unspecified atom stereocenters. The fraction of sp³-hybridized carbons (Fsp3) is 0.778. The van der Waals surface area contributed by atoms with Crippen LogP contribution in [0.3, 0.4) is 0 Å². The quantitative estimate of drug-likeness (QED) is 0.831. The minimum atomic E-state index is -0.475. The van der Waals surface area contributed by atoms with E-state index in [1.54, 1.807) is 6.20 Å². The maximum atomic E-state index is 13.4. The molecule has 0 spiro atoms. The van der Waals surface area contributed by atoms with Crippen LogP contribution in [0.5, 0.6) is 0 Å². The molecule has 1 aromatic rings. The number of rotatable bonds is 4. The highest BCUT2D eigenvalue weighted by molar-refractivity contribution is 5.86. The van der Waals surface area contributed by atoms with Gasteiger partial charge in [-0.1, -0.05) is 0 Å². The molecule has 3 saturated heterocycles. The number of halogens is 2. The summed E-state index contributed by atoms with van der Waals surface area (Å²) in [4.78, 5) is 18.1. The molecule has 0 radical (unpaired) electrons. The molecule has 0 saturated carbocycles. The number of hydrogen-bond acceptors (Lipinski definition) is 4. The molecule has 148 valence electrons. The lowest BCUT2D eigenvalue weighted by atomic mass is 9.87. The molecule has 0 bridgehead atoms. The van der Waals surface area contributed by atoms with Crippen molar-refractivity contribution in [2.45, 2.75) is 37.6 Å². The molecule has 1 amide bonds. The van der Waals surface area contributed by atoms with Crippen LogP contribution >= 0.6 is 24.8 Å². The van der Waals surface area contributed by atoms with E-state index in [2.05, 4.69) is 20.2 Å². The van der Waals surface area contributed by atoms with Crippen LogP contribution in [0, 0.1) is 5.92 Å². The van der Waals surface area contributed by atoms with Gasteiger partial charge in [0.1, 0.15) is 5.54 Å². The fourth-order valence-corrected chi connectivity index (χ4v) is 4.69. The van der Waals surface area contributed by atoms with Gasteiger partial charge in [-0.2, -0.15) is 5.10 Å². The van der Waals surface area contributed by atoms with Crippen LogP contribution in [0.2, 0.25) is 0 Å².